The number of rotatable bonds is 4. The smallest absolute Gasteiger partial charge is 0.143 e. The summed E-state index contributed by atoms with van der Waals surface area (Å²) in [5, 5.41) is 11.6. The van der Waals surface area contributed by atoms with Crippen molar-refractivity contribution in [3.05, 3.63) is 188 Å². The molecule has 59 heavy (non-hydrogen) atoms. The predicted molar refractivity (Wildman–Crippen MR) is 253 cm³/mol. The number of hydrogen-bond acceptors (Lipinski definition) is 4. The summed E-state index contributed by atoms with van der Waals surface area (Å²) >= 11 is 3.62. The highest BCUT2D eigenvalue weighted by Crippen LogP contribution is 2.49. The molecule has 0 saturated carbocycles. The van der Waals surface area contributed by atoms with Crippen LogP contribution in [0, 0.1) is 0 Å². The van der Waals surface area contributed by atoms with Crippen molar-refractivity contribution in [1.82, 2.24) is 14.5 Å². The van der Waals surface area contributed by atoms with Crippen molar-refractivity contribution < 1.29 is 0 Å². The highest BCUT2D eigenvalue weighted by atomic mass is 32.1. The number of nitrogens with zero attached hydrogens (tertiary/aromatic N) is 3. The van der Waals surface area contributed by atoms with E-state index in [0.29, 0.717) is 0 Å². The normalized spacial score (nSPS) is 12.1. The molecule has 13 aromatic rings. The molecule has 0 aliphatic rings. The minimum absolute atomic E-state index is 0.900. The van der Waals surface area contributed by atoms with Gasteiger partial charge in [0.2, 0.25) is 0 Å². The second-order valence-corrected chi connectivity index (χ2v) is 17.3. The first kappa shape index (κ1) is 32.9. The molecule has 0 fully saturated rings. The number of fused-ring (bicyclic) bond motifs is 15. The third kappa shape index (κ3) is 4.86. The maximum Gasteiger partial charge on any atom is 0.143 e. The van der Waals surface area contributed by atoms with Crippen molar-refractivity contribution in [3.8, 4) is 39.3 Å². The maximum absolute atomic E-state index is 5.28. The fourth-order valence-corrected chi connectivity index (χ4v) is 11.6. The van der Waals surface area contributed by atoms with Gasteiger partial charge < -0.3 is 4.57 Å². The van der Waals surface area contributed by atoms with E-state index in [-0.39, 0.29) is 0 Å². The summed E-state index contributed by atoms with van der Waals surface area (Å²) in [5.74, 6) is 0. The Labute approximate surface area is 346 Å². The van der Waals surface area contributed by atoms with Crippen molar-refractivity contribution >= 4 is 107 Å². The average Bonchev–Trinajstić information content (AvgIpc) is 3.99. The number of thiophene rings is 2. The van der Waals surface area contributed by atoms with Gasteiger partial charge in [-0.05, 0) is 63.0 Å². The van der Waals surface area contributed by atoms with Crippen LogP contribution in [-0.2, 0) is 0 Å². The first-order chi connectivity index (χ1) is 29.3. The second kappa shape index (κ2) is 12.7. The van der Waals surface area contributed by atoms with Crippen molar-refractivity contribution in [1.29, 1.82) is 0 Å². The van der Waals surface area contributed by atoms with Gasteiger partial charge in [-0.25, -0.2) is 9.97 Å². The first-order valence-electron chi connectivity index (χ1n) is 19.9. The fourth-order valence-electron chi connectivity index (χ4n) is 9.35. The lowest BCUT2D eigenvalue weighted by atomic mass is 9.96. The van der Waals surface area contributed by atoms with Crippen molar-refractivity contribution in [3.63, 3.8) is 0 Å². The zero-order valence-corrected chi connectivity index (χ0v) is 33.2. The predicted octanol–water partition coefficient (Wildman–Crippen LogP) is 15.6. The van der Waals surface area contributed by atoms with Crippen LogP contribution in [-0.4, -0.2) is 14.5 Å². The van der Waals surface area contributed by atoms with Crippen LogP contribution in [0.5, 0.6) is 0 Å². The zero-order chi connectivity index (χ0) is 38.6. The van der Waals surface area contributed by atoms with E-state index in [1.54, 1.807) is 11.3 Å². The van der Waals surface area contributed by atoms with Crippen molar-refractivity contribution in [2.45, 2.75) is 0 Å². The molecule has 4 heterocycles. The van der Waals surface area contributed by atoms with Gasteiger partial charge >= 0.3 is 0 Å². The van der Waals surface area contributed by atoms with E-state index in [9.17, 15) is 0 Å². The third-order valence-electron chi connectivity index (χ3n) is 12.0. The van der Waals surface area contributed by atoms with Gasteiger partial charge in [0, 0.05) is 53.1 Å². The number of hydrogen-bond donors (Lipinski definition) is 0. The monoisotopic (exact) mass is 785 g/mol. The lowest BCUT2D eigenvalue weighted by molar-refractivity contribution is 1.19. The molecule has 0 amide bonds. The first-order valence-corrected chi connectivity index (χ1v) is 21.5. The Hall–Kier alpha value is -7.18. The van der Waals surface area contributed by atoms with Gasteiger partial charge in [-0.15, -0.1) is 22.7 Å². The number of para-hydroxylation sites is 1. The molecule has 274 valence electrons. The van der Waals surface area contributed by atoms with E-state index in [4.69, 9.17) is 9.97 Å². The Morgan fingerprint density at radius 2 is 0.966 bits per heavy atom. The van der Waals surface area contributed by atoms with Gasteiger partial charge in [0.15, 0.2) is 0 Å². The molecular formula is C54H31N3S2. The molecule has 13 rings (SSSR count). The molecule has 0 radical (unpaired) electrons. The quantitative estimate of drug-likeness (QED) is 0.178. The molecule has 9 aromatic carbocycles. The number of aromatic nitrogens is 3. The Morgan fingerprint density at radius 1 is 0.373 bits per heavy atom. The summed E-state index contributed by atoms with van der Waals surface area (Å²) in [5.41, 5.74) is 10.8. The largest absolute Gasteiger partial charge is 0.308 e. The van der Waals surface area contributed by atoms with Gasteiger partial charge in [-0.2, -0.15) is 0 Å². The molecule has 0 aliphatic carbocycles. The Balaban J connectivity index is 0.964. The van der Waals surface area contributed by atoms with E-state index in [1.807, 2.05) is 17.4 Å². The maximum atomic E-state index is 5.28. The van der Waals surface area contributed by atoms with Crippen molar-refractivity contribution in [2.24, 2.45) is 0 Å². The summed E-state index contributed by atoms with van der Waals surface area (Å²) in [6.07, 6.45) is 0. The van der Waals surface area contributed by atoms with Crippen LogP contribution >= 0.6 is 22.7 Å². The van der Waals surface area contributed by atoms with Gasteiger partial charge in [-0.3, -0.25) is 0 Å². The summed E-state index contributed by atoms with van der Waals surface area (Å²) < 4.78 is 6.34. The number of benzene rings is 9. The lowest BCUT2D eigenvalue weighted by Gasteiger charge is -2.12. The van der Waals surface area contributed by atoms with Crippen LogP contribution in [0.15, 0.2) is 188 Å². The lowest BCUT2D eigenvalue weighted by Crippen LogP contribution is -1.95. The molecule has 0 spiro atoms. The Kier molecular flexibility index (Phi) is 7.05. The van der Waals surface area contributed by atoms with Crippen LogP contribution < -0.4 is 0 Å². The highest BCUT2D eigenvalue weighted by Gasteiger charge is 2.23. The van der Waals surface area contributed by atoms with E-state index in [1.165, 1.54) is 73.8 Å². The van der Waals surface area contributed by atoms with Crippen LogP contribution in [0.3, 0.4) is 0 Å². The van der Waals surface area contributed by atoms with Gasteiger partial charge in [0.1, 0.15) is 10.3 Å². The Morgan fingerprint density at radius 3 is 1.76 bits per heavy atom. The molecule has 0 atom stereocenters. The van der Waals surface area contributed by atoms with Crippen LogP contribution in [0.4, 0.5) is 0 Å². The summed E-state index contributed by atoms with van der Waals surface area (Å²) in [7, 11) is 0. The molecule has 4 aromatic heterocycles. The minimum Gasteiger partial charge on any atom is -0.308 e. The van der Waals surface area contributed by atoms with E-state index in [2.05, 4.69) is 187 Å². The fraction of sp³-hybridized carbons (Fsp3) is 0. The van der Waals surface area contributed by atoms with Gasteiger partial charge in [-0.1, -0.05) is 158 Å². The molecule has 5 heteroatoms. The molecule has 0 bridgehead atoms. The molecule has 0 saturated heterocycles. The Bertz CT molecular complexity index is 3820. The van der Waals surface area contributed by atoms with Crippen LogP contribution in [0.2, 0.25) is 0 Å². The topological polar surface area (TPSA) is 30.7 Å². The van der Waals surface area contributed by atoms with Gasteiger partial charge in [0.05, 0.1) is 27.1 Å². The summed E-state index contributed by atoms with van der Waals surface area (Å²) in [6.45, 7) is 0. The molecule has 0 aliphatic heterocycles. The van der Waals surface area contributed by atoms with Crippen molar-refractivity contribution in [2.75, 3.05) is 0 Å². The molecular weight excluding hydrogens is 755 g/mol. The highest BCUT2D eigenvalue weighted by molar-refractivity contribution is 7.27. The third-order valence-corrected chi connectivity index (χ3v) is 14.2. The molecule has 3 nitrogen and oxygen atoms in total. The standard InChI is InChI=1S/C54H31N3S2/c1-2-13-35(14-3-1)49-50(56-54-51(55-49)42-19-9-11-21-44(42)59-54)36-24-22-32(23-25-36)33-26-29-37(30-27-33)57-43-20-10-8-18-41(43)46-39-16-6-7-17-40(39)48-47-38-15-5-4-12-34(38)28-31-45(47)58-53(48)52(46)57/h1-31H. The van der Waals surface area contributed by atoms with E-state index < -0.39 is 0 Å². The molecule has 0 unspecified atom stereocenters. The van der Waals surface area contributed by atoms with Crippen LogP contribution in [0.25, 0.3) is 123 Å². The summed E-state index contributed by atoms with van der Waals surface area (Å²) in [6, 6.07) is 68.1. The minimum atomic E-state index is 0.900. The van der Waals surface area contributed by atoms with Crippen LogP contribution in [0.1, 0.15) is 0 Å². The molecule has 0 N–H and O–H groups in total. The SMILES string of the molecule is c1ccc(-c2nc3c(nc2-c2ccc(-c4ccc(-n5c6ccccc6c6c7ccccc7c7c(sc8ccc9ccccc9c87)c65)cc4)cc2)sc2ccccc23)cc1. The average molecular weight is 786 g/mol. The van der Waals surface area contributed by atoms with Gasteiger partial charge in [0.25, 0.3) is 0 Å². The second-order valence-electron chi connectivity index (χ2n) is 15.3. The summed E-state index contributed by atoms with van der Waals surface area (Å²) in [4.78, 5) is 11.5. The van der Waals surface area contributed by atoms with E-state index >= 15 is 0 Å². The zero-order valence-electron chi connectivity index (χ0n) is 31.6. The van der Waals surface area contributed by atoms with E-state index in [0.717, 1.165) is 49.5 Å².